The fourth-order valence-corrected chi connectivity index (χ4v) is 2.05. The molecule has 0 aliphatic carbocycles. The van der Waals surface area contributed by atoms with Gasteiger partial charge < -0.3 is 5.11 Å². The number of carboxylic acid groups (broad SMARTS) is 1. The molecule has 2 rings (SSSR count). The summed E-state index contributed by atoms with van der Waals surface area (Å²) in [5, 5.41) is 8.99. The normalized spacial score (nSPS) is 26.2. The minimum absolute atomic E-state index is 0.0403. The van der Waals surface area contributed by atoms with Gasteiger partial charge >= 0.3 is 12.0 Å². The van der Waals surface area contributed by atoms with Crippen LogP contribution >= 0.6 is 0 Å². The SMILES string of the molecule is CC1(C(=O)O)CCN(c2ncc(F)cn2)C(F)(F)C1. The fourth-order valence-electron chi connectivity index (χ4n) is 2.05. The lowest BCUT2D eigenvalue weighted by Gasteiger charge is -2.42. The molecule has 0 bridgehead atoms. The summed E-state index contributed by atoms with van der Waals surface area (Å²) < 4.78 is 40.7. The van der Waals surface area contributed by atoms with E-state index in [1.54, 1.807) is 0 Å². The van der Waals surface area contributed by atoms with Gasteiger partial charge in [0, 0.05) is 13.0 Å². The van der Waals surface area contributed by atoms with Gasteiger partial charge in [0.25, 0.3) is 0 Å². The van der Waals surface area contributed by atoms with Crippen molar-refractivity contribution in [2.75, 3.05) is 11.4 Å². The summed E-state index contributed by atoms with van der Waals surface area (Å²) in [6.45, 7) is 1.08. The summed E-state index contributed by atoms with van der Waals surface area (Å²) in [7, 11) is 0. The first kappa shape index (κ1) is 13.6. The molecule has 0 radical (unpaired) electrons. The number of alkyl halides is 2. The number of carboxylic acids is 1. The Balaban J connectivity index is 2.26. The Kier molecular flexibility index (Phi) is 3.11. The van der Waals surface area contributed by atoms with Gasteiger partial charge in [-0.1, -0.05) is 0 Å². The Morgan fingerprint density at radius 2 is 2.00 bits per heavy atom. The molecule has 1 saturated heterocycles. The van der Waals surface area contributed by atoms with Crippen LogP contribution in [-0.2, 0) is 4.79 Å². The van der Waals surface area contributed by atoms with Crippen LogP contribution in [0.5, 0.6) is 0 Å². The third-order valence-electron chi connectivity index (χ3n) is 3.25. The highest BCUT2D eigenvalue weighted by Gasteiger charge is 2.52. The van der Waals surface area contributed by atoms with Gasteiger partial charge in [-0.3, -0.25) is 9.69 Å². The van der Waals surface area contributed by atoms with E-state index in [-0.39, 0.29) is 18.9 Å². The Hall–Kier alpha value is -1.86. The van der Waals surface area contributed by atoms with Crippen LogP contribution in [0.3, 0.4) is 0 Å². The van der Waals surface area contributed by atoms with E-state index < -0.39 is 29.7 Å². The third kappa shape index (κ3) is 2.47. The molecule has 1 atom stereocenters. The third-order valence-corrected chi connectivity index (χ3v) is 3.25. The Morgan fingerprint density at radius 3 is 2.47 bits per heavy atom. The van der Waals surface area contributed by atoms with Crippen LogP contribution in [-0.4, -0.2) is 33.6 Å². The van der Waals surface area contributed by atoms with Gasteiger partial charge in [0.2, 0.25) is 5.95 Å². The zero-order valence-corrected chi connectivity index (χ0v) is 10.1. The van der Waals surface area contributed by atoms with Crippen molar-refractivity contribution in [2.45, 2.75) is 25.8 Å². The number of carbonyl (C=O) groups is 1. The van der Waals surface area contributed by atoms with Gasteiger partial charge in [0.05, 0.1) is 17.8 Å². The second-order valence-electron chi connectivity index (χ2n) is 4.81. The molecule has 0 aromatic carbocycles. The number of hydrogen-bond donors (Lipinski definition) is 1. The van der Waals surface area contributed by atoms with Crippen molar-refractivity contribution in [2.24, 2.45) is 5.41 Å². The fraction of sp³-hybridized carbons (Fsp3) is 0.545. The van der Waals surface area contributed by atoms with Gasteiger partial charge in [-0.2, -0.15) is 8.78 Å². The molecule has 19 heavy (non-hydrogen) atoms. The standard InChI is InChI=1S/C11H12F3N3O2/c1-10(8(18)19)2-3-17(11(13,14)6-10)9-15-4-7(12)5-16-9/h4-5H,2-3,6H2,1H3,(H,18,19). The molecule has 5 nitrogen and oxygen atoms in total. The van der Waals surface area contributed by atoms with Gasteiger partial charge in [0.1, 0.15) is 0 Å². The number of halogens is 3. The first-order valence-electron chi connectivity index (χ1n) is 5.61. The average molecular weight is 275 g/mol. The average Bonchev–Trinajstić information content (AvgIpc) is 2.29. The van der Waals surface area contributed by atoms with Crippen molar-refractivity contribution < 1.29 is 23.1 Å². The molecule has 1 N–H and O–H groups in total. The lowest BCUT2D eigenvalue weighted by Crippen LogP contribution is -2.54. The largest absolute Gasteiger partial charge is 0.481 e. The smallest absolute Gasteiger partial charge is 0.329 e. The molecule has 1 fully saturated rings. The van der Waals surface area contributed by atoms with E-state index >= 15 is 0 Å². The van der Waals surface area contributed by atoms with E-state index in [1.165, 1.54) is 6.92 Å². The number of anilines is 1. The molecule has 1 unspecified atom stereocenters. The molecule has 1 aliphatic heterocycles. The first-order chi connectivity index (χ1) is 8.74. The highest BCUT2D eigenvalue weighted by Crippen LogP contribution is 2.43. The summed E-state index contributed by atoms with van der Waals surface area (Å²) in [6.07, 6.45) is 0.793. The van der Waals surface area contributed by atoms with Crippen LogP contribution in [0.25, 0.3) is 0 Å². The Labute approximate surface area is 107 Å². The maximum atomic E-state index is 14.0. The van der Waals surface area contributed by atoms with E-state index in [0.717, 1.165) is 12.4 Å². The molecule has 0 amide bonds. The number of aliphatic carboxylic acids is 1. The van der Waals surface area contributed by atoms with Crippen molar-refractivity contribution in [3.8, 4) is 0 Å². The molecule has 8 heteroatoms. The van der Waals surface area contributed by atoms with Crippen LogP contribution < -0.4 is 4.90 Å². The van der Waals surface area contributed by atoms with Gasteiger partial charge in [-0.15, -0.1) is 0 Å². The zero-order chi connectivity index (χ0) is 14.3. The minimum atomic E-state index is -3.39. The molecular formula is C11H12F3N3O2. The van der Waals surface area contributed by atoms with E-state index in [9.17, 15) is 18.0 Å². The number of hydrogen-bond acceptors (Lipinski definition) is 4. The monoisotopic (exact) mass is 275 g/mol. The summed E-state index contributed by atoms with van der Waals surface area (Å²) >= 11 is 0. The summed E-state index contributed by atoms with van der Waals surface area (Å²) in [6, 6.07) is -3.39. The highest BCUT2D eigenvalue weighted by atomic mass is 19.3. The predicted octanol–water partition coefficient (Wildman–Crippen LogP) is 1.90. The molecule has 2 heterocycles. The number of piperidine rings is 1. The molecule has 1 aromatic heterocycles. The predicted molar refractivity (Wildman–Crippen MR) is 59.3 cm³/mol. The summed E-state index contributed by atoms with van der Waals surface area (Å²) in [4.78, 5) is 18.6. The molecule has 0 saturated carbocycles. The van der Waals surface area contributed by atoms with Gasteiger partial charge in [-0.05, 0) is 13.3 Å². The number of aromatic nitrogens is 2. The van der Waals surface area contributed by atoms with Crippen LogP contribution in [0.15, 0.2) is 12.4 Å². The number of nitrogens with zero attached hydrogens (tertiary/aromatic N) is 3. The highest BCUT2D eigenvalue weighted by molar-refractivity contribution is 5.74. The maximum absolute atomic E-state index is 14.0. The van der Waals surface area contributed by atoms with Crippen LogP contribution in [0, 0.1) is 11.2 Å². The van der Waals surface area contributed by atoms with Crippen molar-refractivity contribution in [1.82, 2.24) is 9.97 Å². The van der Waals surface area contributed by atoms with Gasteiger partial charge in [0.15, 0.2) is 5.82 Å². The van der Waals surface area contributed by atoms with Crippen molar-refractivity contribution in [3.05, 3.63) is 18.2 Å². The van der Waals surface area contributed by atoms with Gasteiger partial charge in [-0.25, -0.2) is 14.4 Å². The lowest BCUT2D eigenvalue weighted by molar-refractivity contribution is -0.158. The molecule has 1 aromatic rings. The quantitative estimate of drug-likeness (QED) is 0.835. The molecule has 0 spiro atoms. The molecular weight excluding hydrogens is 263 g/mol. The zero-order valence-electron chi connectivity index (χ0n) is 10.1. The lowest BCUT2D eigenvalue weighted by atomic mass is 9.79. The summed E-state index contributed by atoms with van der Waals surface area (Å²) in [5.74, 6) is -2.29. The van der Waals surface area contributed by atoms with Crippen LogP contribution in [0.2, 0.25) is 0 Å². The second kappa shape index (κ2) is 4.36. The van der Waals surface area contributed by atoms with Crippen molar-refractivity contribution >= 4 is 11.9 Å². The number of rotatable bonds is 2. The van der Waals surface area contributed by atoms with E-state index in [1.807, 2.05) is 0 Å². The molecule has 1 aliphatic rings. The van der Waals surface area contributed by atoms with E-state index in [4.69, 9.17) is 5.11 Å². The Morgan fingerprint density at radius 1 is 1.42 bits per heavy atom. The summed E-state index contributed by atoms with van der Waals surface area (Å²) in [5.41, 5.74) is -1.49. The second-order valence-corrected chi connectivity index (χ2v) is 4.81. The van der Waals surface area contributed by atoms with E-state index in [2.05, 4.69) is 9.97 Å². The van der Waals surface area contributed by atoms with Crippen LogP contribution in [0.1, 0.15) is 19.8 Å². The topological polar surface area (TPSA) is 66.3 Å². The maximum Gasteiger partial charge on any atom is 0.329 e. The van der Waals surface area contributed by atoms with Crippen molar-refractivity contribution in [1.29, 1.82) is 0 Å². The molecule has 104 valence electrons. The van der Waals surface area contributed by atoms with E-state index in [0.29, 0.717) is 4.90 Å². The van der Waals surface area contributed by atoms with Crippen molar-refractivity contribution in [3.63, 3.8) is 0 Å². The van der Waals surface area contributed by atoms with Crippen LogP contribution in [0.4, 0.5) is 19.1 Å². The first-order valence-corrected chi connectivity index (χ1v) is 5.61. The Bertz CT molecular complexity index is 494. The minimum Gasteiger partial charge on any atom is -0.481 e.